The lowest BCUT2D eigenvalue weighted by atomic mass is 9.54. The Morgan fingerprint density at radius 2 is 1.84 bits per heavy atom. The van der Waals surface area contributed by atoms with Crippen molar-refractivity contribution in [1.82, 2.24) is 10.2 Å². The quantitative estimate of drug-likeness (QED) is 0.180. The largest absolute Gasteiger partial charge is 0.507 e. The fourth-order valence-electron chi connectivity index (χ4n) is 7.17. The van der Waals surface area contributed by atoms with E-state index in [-0.39, 0.29) is 48.4 Å². The van der Waals surface area contributed by atoms with Crippen molar-refractivity contribution in [3.63, 3.8) is 0 Å². The Morgan fingerprint density at radius 1 is 1.13 bits per heavy atom. The number of hydrogen-bond acceptors (Lipinski definition) is 11. The molecule has 0 heterocycles. The maximum atomic E-state index is 14.0. The fourth-order valence-corrected chi connectivity index (χ4v) is 7.17. The molecule has 2 fully saturated rings. The van der Waals surface area contributed by atoms with E-state index in [0.717, 1.165) is 0 Å². The number of nitrogens with zero attached hydrogens (tertiary/aromatic N) is 1. The van der Waals surface area contributed by atoms with Crippen molar-refractivity contribution in [3.8, 4) is 16.9 Å². The van der Waals surface area contributed by atoms with Crippen LogP contribution in [-0.4, -0.2) is 99.7 Å². The molecule has 2 aromatic rings. The van der Waals surface area contributed by atoms with Gasteiger partial charge in [0.25, 0.3) is 5.91 Å². The first-order chi connectivity index (χ1) is 21.2. The molecule has 2 unspecified atom stereocenters. The van der Waals surface area contributed by atoms with Crippen molar-refractivity contribution in [2.24, 2.45) is 23.5 Å². The van der Waals surface area contributed by atoms with Crippen LogP contribution in [0.25, 0.3) is 16.9 Å². The summed E-state index contributed by atoms with van der Waals surface area (Å²) in [5, 5.41) is 47.7. The molecule has 0 radical (unpaired) electrons. The van der Waals surface area contributed by atoms with Crippen molar-refractivity contribution >= 4 is 35.1 Å². The zero-order valence-electron chi connectivity index (χ0n) is 24.9. The minimum absolute atomic E-state index is 0.0242. The zero-order valence-corrected chi connectivity index (χ0v) is 24.9. The summed E-state index contributed by atoms with van der Waals surface area (Å²) in [4.78, 5) is 65.7. The van der Waals surface area contributed by atoms with E-state index in [0.29, 0.717) is 16.7 Å². The number of hydrogen-bond donors (Lipinski definition) is 6. The number of fused-ring (bicyclic) bond motifs is 3. The lowest BCUT2D eigenvalue weighted by Crippen LogP contribution is -2.73. The first-order valence-electron chi connectivity index (χ1n) is 14.5. The van der Waals surface area contributed by atoms with Gasteiger partial charge >= 0.3 is 5.97 Å². The third-order valence-electron chi connectivity index (χ3n) is 9.11. The molecule has 0 aromatic heterocycles. The molecule has 3 aliphatic carbocycles. The van der Waals surface area contributed by atoms with E-state index in [9.17, 15) is 44.4 Å². The second-order valence-electron chi connectivity index (χ2n) is 11.8. The minimum Gasteiger partial charge on any atom is -0.507 e. The van der Waals surface area contributed by atoms with Crippen LogP contribution >= 0.6 is 0 Å². The van der Waals surface area contributed by atoms with Crippen LogP contribution in [0, 0.1) is 17.8 Å². The first-order valence-corrected chi connectivity index (χ1v) is 14.5. The SMILES string of the molecule is CCOC(=O)CNC(=O)c1cccc(-c2ccc(O)c3c2C[C@H]2C[C@H]4[C@H](N(C)C)C(O)C(C(N)=O)C(=O)[C@@]4(O)C(=O)C2=C3O)c1. The monoisotopic (exact) mass is 621 g/mol. The summed E-state index contributed by atoms with van der Waals surface area (Å²) < 4.78 is 4.84. The summed E-state index contributed by atoms with van der Waals surface area (Å²) >= 11 is 0. The molecule has 45 heavy (non-hydrogen) atoms. The number of nitrogens with one attached hydrogen (secondary N) is 1. The molecule has 2 amide bonds. The standard InChI is InChI=1S/C32H35N3O10/c1-4-45-21(37)13-34-31(43)15-7-5-6-14(10-15)17-8-9-20(36)23-18(17)11-16-12-19-25(35(2)3)27(39)24(30(33)42)29(41)32(19,44)28(40)22(16)26(23)38/h5-10,16,19,24-25,27,36,38-39,44H,4,11-13H2,1-3H3,(H2,33,42)(H,34,43)/t16-,19-,24?,25-,27?,32-/m0/s1. The first kappa shape index (κ1) is 31.8. The molecule has 2 aromatic carbocycles. The number of Topliss-reactive ketones (excluding diaryl/α,β-unsaturated/α-hetero) is 2. The van der Waals surface area contributed by atoms with Gasteiger partial charge in [0.05, 0.1) is 18.3 Å². The molecule has 5 rings (SSSR count). The highest BCUT2D eigenvalue weighted by atomic mass is 16.5. The van der Waals surface area contributed by atoms with Crippen LogP contribution in [0.1, 0.15) is 34.8 Å². The number of amides is 2. The van der Waals surface area contributed by atoms with Gasteiger partial charge in [0, 0.05) is 23.1 Å². The van der Waals surface area contributed by atoms with E-state index < -0.39 is 70.6 Å². The summed E-state index contributed by atoms with van der Waals surface area (Å²) in [5.74, 6) is -9.33. The summed E-state index contributed by atoms with van der Waals surface area (Å²) in [6, 6.07) is 8.41. The fraction of sp³-hybridized carbons (Fsp3) is 0.406. The Kier molecular flexibility index (Phi) is 8.29. The van der Waals surface area contributed by atoms with E-state index in [1.165, 1.54) is 11.0 Å². The molecule has 0 spiro atoms. The van der Waals surface area contributed by atoms with E-state index in [1.54, 1.807) is 51.4 Å². The van der Waals surface area contributed by atoms with Crippen molar-refractivity contribution < 1.29 is 49.1 Å². The average molecular weight is 622 g/mol. The minimum atomic E-state index is -2.75. The van der Waals surface area contributed by atoms with Gasteiger partial charge in [0.2, 0.25) is 11.7 Å². The second-order valence-corrected chi connectivity index (χ2v) is 11.8. The lowest BCUT2D eigenvalue weighted by Gasteiger charge is -2.53. The number of carbonyl (C=O) groups excluding carboxylic acids is 5. The van der Waals surface area contributed by atoms with E-state index in [4.69, 9.17) is 10.5 Å². The van der Waals surface area contributed by atoms with Gasteiger partial charge < -0.3 is 41.1 Å². The number of ketones is 2. The number of ether oxygens (including phenoxy) is 1. The second kappa shape index (κ2) is 11.7. The highest BCUT2D eigenvalue weighted by Crippen LogP contribution is 2.53. The van der Waals surface area contributed by atoms with Crippen LogP contribution in [0.2, 0.25) is 0 Å². The molecule has 2 saturated carbocycles. The molecule has 3 aliphatic rings. The molecule has 6 atom stereocenters. The predicted octanol–water partition coefficient (Wildman–Crippen LogP) is 0.0889. The van der Waals surface area contributed by atoms with Crippen molar-refractivity contribution in [2.75, 3.05) is 27.2 Å². The Labute approximate surface area is 258 Å². The number of phenols is 1. The Balaban J connectivity index is 1.58. The van der Waals surface area contributed by atoms with E-state index in [2.05, 4.69) is 5.32 Å². The number of primary amides is 1. The predicted molar refractivity (Wildman–Crippen MR) is 158 cm³/mol. The number of esters is 1. The van der Waals surface area contributed by atoms with Gasteiger partial charge in [0.1, 0.15) is 24.0 Å². The van der Waals surface area contributed by atoms with Gasteiger partial charge in [-0.25, -0.2) is 0 Å². The normalized spacial score (nSPS) is 27.4. The lowest BCUT2D eigenvalue weighted by molar-refractivity contribution is -0.184. The molecule has 13 heteroatoms. The van der Waals surface area contributed by atoms with Crippen LogP contribution < -0.4 is 11.1 Å². The van der Waals surface area contributed by atoms with Gasteiger partial charge in [-0.05, 0) is 74.7 Å². The maximum absolute atomic E-state index is 14.0. The van der Waals surface area contributed by atoms with Crippen molar-refractivity contribution in [1.29, 1.82) is 0 Å². The Morgan fingerprint density at radius 3 is 2.49 bits per heavy atom. The summed E-state index contributed by atoms with van der Waals surface area (Å²) in [6.07, 6.45) is -1.51. The number of benzene rings is 2. The number of aromatic hydroxyl groups is 1. The highest BCUT2D eigenvalue weighted by molar-refractivity contribution is 6.25. The average Bonchev–Trinajstić information content (AvgIpc) is 2.97. The van der Waals surface area contributed by atoms with Crippen LogP contribution in [0.4, 0.5) is 0 Å². The van der Waals surface area contributed by atoms with Crippen molar-refractivity contribution in [3.05, 3.63) is 58.7 Å². The number of phenolic OH excluding ortho intramolecular Hbond substituents is 1. The van der Waals surface area contributed by atoms with Gasteiger partial charge in [-0.3, -0.25) is 24.0 Å². The number of likely N-dealkylation sites (N-methyl/N-ethyl adjacent to an activating group) is 1. The summed E-state index contributed by atoms with van der Waals surface area (Å²) in [5.41, 5.74) is 4.14. The topological polar surface area (TPSA) is 217 Å². The maximum Gasteiger partial charge on any atom is 0.325 e. The van der Waals surface area contributed by atoms with Crippen molar-refractivity contribution in [2.45, 2.75) is 37.5 Å². The van der Waals surface area contributed by atoms with Crippen LogP contribution in [0.5, 0.6) is 5.75 Å². The summed E-state index contributed by atoms with van der Waals surface area (Å²) in [6.45, 7) is 1.51. The van der Waals surface area contributed by atoms with Gasteiger partial charge in [-0.15, -0.1) is 0 Å². The number of carbonyl (C=O) groups is 5. The molecule has 238 valence electrons. The van der Waals surface area contributed by atoms with Gasteiger partial charge in [0.15, 0.2) is 11.4 Å². The van der Waals surface area contributed by atoms with Gasteiger partial charge in [-0.1, -0.05) is 18.2 Å². The van der Waals surface area contributed by atoms with Crippen LogP contribution in [0.3, 0.4) is 0 Å². The number of rotatable bonds is 7. The Hall–Kier alpha value is -4.59. The molecular formula is C32H35N3O10. The summed E-state index contributed by atoms with van der Waals surface area (Å²) in [7, 11) is 3.16. The molecular weight excluding hydrogens is 586 g/mol. The number of nitrogens with two attached hydrogens (primary N) is 1. The molecule has 0 bridgehead atoms. The van der Waals surface area contributed by atoms with Crippen LogP contribution in [0.15, 0.2) is 42.0 Å². The molecule has 0 aliphatic heterocycles. The molecule has 0 saturated heterocycles. The smallest absolute Gasteiger partial charge is 0.325 e. The van der Waals surface area contributed by atoms with Crippen LogP contribution in [-0.2, 0) is 30.3 Å². The zero-order chi connectivity index (χ0) is 33.0. The van der Waals surface area contributed by atoms with Gasteiger partial charge in [-0.2, -0.15) is 0 Å². The number of aliphatic hydroxyl groups is 3. The highest BCUT2D eigenvalue weighted by Gasteiger charge is 2.67. The third-order valence-corrected chi connectivity index (χ3v) is 9.11. The Bertz CT molecular complexity index is 1650. The third kappa shape index (κ3) is 5.06. The van der Waals surface area contributed by atoms with E-state index >= 15 is 0 Å². The molecule has 13 nitrogen and oxygen atoms in total. The van der Waals surface area contributed by atoms with E-state index in [1.807, 2.05) is 0 Å². The molecule has 7 N–H and O–H groups in total. The number of aliphatic hydroxyl groups excluding tert-OH is 2.